The molecular weight excluding hydrogens is 518 g/mol. The fraction of sp³-hybridized carbons (Fsp3) is 0.526. The average Bonchev–Trinajstić information content (AvgIpc) is 3.49. The summed E-state index contributed by atoms with van der Waals surface area (Å²) in [4.78, 5) is 71.7. The summed E-state index contributed by atoms with van der Waals surface area (Å²) >= 11 is 1.87. The van der Waals surface area contributed by atoms with E-state index in [1.165, 1.54) is 29.0 Å². The molecule has 36 heavy (non-hydrogen) atoms. The van der Waals surface area contributed by atoms with Crippen LogP contribution < -0.4 is 16.8 Å². The van der Waals surface area contributed by atoms with E-state index < -0.39 is 63.3 Å². The predicted octanol–water partition coefficient (Wildman–Crippen LogP) is -1.95. The number of aliphatic carboxylic acids is 2. The molecule has 0 unspecified atom stereocenters. The lowest BCUT2D eigenvalue weighted by atomic mass is 10.1. The molecule has 0 bridgehead atoms. The van der Waals surface area contributed by atoms with E-state index in [0.717, 1.165) is 23.1 Å². The van der Waals surface area contributed by atoms with Crippen molar-refractivity contribution in [3.05, 3.63) is 11.1 Å². The Labute approximate surface area is 211 Å². The average molecular weight is 542 g/mol. The van der Waals surface area contributed by atoms with Crippen molar-refractivity contribution in [3.63, 3.8) is 0 Å². The van der Waals surface area contributed by atoms with Crippen LogP contribution in [0.4, 0.5) is 5.13 Å². The second-order valence-corrected chi connectivity index (χ2v) is 11.1. The smallest absolute Gasteiger partial charge is 0.350 e. The number of carboxylic acid groups (broad SMARTS) is 2. The van der Waals surface area contributed by atoms with Gasteiger partial charge < -0.3 is 41.6 Å². The fourth-order valence-corrected chi connectivity index (χ4v) is 6.07. The normalized spacial score (nSPS) is 28.1. The van der Waals surface area contributed by atoms with Crippen LogP contribution >= 0.6 is 23.1 Å². The molecule has 4 heterocycles. The highest BCUT2D eigenvalue weighted by molar-refractivity contribution is 8.02. The van der Waals surface area contributed by atoms with Gasteiger partial charge in [0.05, 0.1) is 12.6 Å². The van der Waals surface area contributed by atoms with E-state index in [2.05, 4.69) is 15.5 Å². The Morgan fingerprint density at radius 3 is 2.53 bits per heavy atom. The highest BCUT2D eigenvalue weighted by Gasteiger charge is 2.66. The summed E-state index contributed by atoms with van der Waals surface area (Å²) in [5.41, 5.74) is 9.20. The molecule has 1 aromatic rings. The van der Waals surface area contributed by atoms with E-state index in [9.17, 15) is 34.2 Å². The molecule has 0 spiro atoms. The first-order valence-electron chi connectivity index (χ1n) is 10.6. The summed E-state index contributed by atoms with van der Waals surface area (Å²) in [7, 11) is 0. The van der Waals surface area contributed by atoms with Crippen molar-refractivity contribution in [1.82, 2.24) is 20.1 Å². The zero-order chi connectivity index (χ0) is 26.6. The zero-order valence-electron chi connectivity index (χ0n) is 19.0. The lowest BCUT2D eigenvalue weighted by Crippen LogP contribution is -2.68. The van der Waals surface area contributed by atoms with Crippen molar-refractivity contribution in [3.8, 4) is 0 Å². The number of nitrogen functional groups attached to an aromatic ring is 1. The highest BCUT2D eigenvalue weighted by atomic mass is 32.2. The van der Waals surface area contributed by atoms with Crippen molar-refractivity contribution >= 4 is 63.6 Å². The monoisotopic (exact) mass is 541 g/mol. The molecule has 0 radical (unpaired) electrons. The summed E-state index contributed by atoms with van der Waals surface area (Å²) < 4.78 is 0. The van der Waals surface area contributed by atoms with Crippen LogP contribution in [0.3, 0.4) is 0 Å². The summed E-state index contributed by atoms with van der Waals surface area (Å²) in [5.74, 6) is -4.62. The number of carbonyl (C=O) groups excluding carboxylic acids is 3. The minimum Gasteiger partial charge on any atom is -0.479 e. The van der Waals surface area contributed by atoms with Gasteiger partial charge in [0.25, 0.3) is 5.91 Å². The minimum atomic E-state index is -1.78. The Bertz CT molecular complexity index is 1190. The molecule has 4 rings (SSSR count). The van der Waals surface area contributed by atoms with Gasteiger partial charge in [-0.3, -0.25) is 14.4 Å². The third-order valence-electron chi connectivity index (χ3n) is 6.01. The number of carboxylic acids is 2. The number of thioether (sulfide) groups is 1. The molecule has 3 aliphatic heterocycles. The van der Waals surface area contributed by atoms with Crippen molar-refractivity contribution in [2.24, 2.45) is 10.9 Å². The maximum Gasteiger partial charge on any atom is 0.350 e. The zero-order valence-corrected chi connectivity index (χ0v) is 20.7. The van der Waals surface area contributed by atoms with Gasteiger partial charge in [-0.1, -0.05) is 16.9 Å². The SMILES string of the molecule is CC(C)(O/N=C(/C(=O)N[C@@H]1C(=O)N2C[C@@](C(=O)O)(N3CC[C@@H](N)C3=O)S[C@H]12)c1csc(N)n1)C(=O)O. The van der Waals surface area contributed by atoms with Crippen LogP contribution in [0.15, 0.2) is 10.5 Å². The predicted molar refractivity (Wildman–Crippen MR) is 126 cm³/mol. The second kappa shape index (κ2) is 8.90. The van der Waals surface area contributed by atoms with Crippen LogP contribution in [-0.4, -0.2) is 101 Å². The summed E-state index contributed by atoms with van der Waals surface area (Å²) in [6.07, 6.45) is 0.288. The molecule has 3 amide bonds. The molecule has 17 heteroatoms. The van der Waals surface area contributed by atoms with Gasteiger partial charge in [-0.05, 0) is 20.3 Å². The van der Waals surface area contributed by atoms with Gasteiger partial charge in [-0.2, -0.15) is 0 Å². The number of rotatable bonds is 8. The van der Waals surface area contributed by atoms with Crippen LogP contribution in [0, 0.1) is 0 Å². The van der Waals surface area contributed by atoms with E-state index in [1.807, 2.05) is 0 Å². The Kier molecular flexibility index (Phi) is 6.34. The summed E-state index contributed by atoms with van der Waals surface area (Å²) in [5, 5.41) is 26.2. The van der Waals surface area contributed by atoms with Crippen molar-refractivity contribution in [2.75, 3.05) is 18.8 Å². The molecule has 0 saturated carbocycles. The number of fused-ring (bicyclic) bond motifs is 1. The number of amides is 3. The van der Waals surface area contributed by atoms with E-state index in [4.69, 9.17) is 16.3 Å². The topological polar surface area (TPSA) is 231 Å². The van der Waals surface area contributed by atoms with Crippen LogP contribution in [0.25, 0.3) is 0 Å². The highest BCUT2D eigenvalue weighted by Crippen LogP contribution is 2.49. The molecule has 15 nitrogen and oxygen atoms in total. The summed E-state index contributed by atoms with van der Waals surface area (Å²) in [6, 6.07) is -1.95. The molecule has 194 valence electrons. The number of nitrogens with two attached hydrogens (primary N) is 2. The third kappa shape index (κ3) is 4.11. The molecule has 0 aromatic carbocycles. The van der Waals surface area contributed by atoms with Gasteiger partial charge in [0.15, 0.2) is 10.8 Å². The van der Waals surface area contributed by atoms with Gasteiger partial charge in [-0.15, -0.1) is 11.3 Å². The van der Waals surface area contributed by atoms with Crippen LogP contribution in [0.1, 0.15) is 26.0 Å². The Balaban J connectivity index is 1.55. The molecule has 3 saturated heterocycles. The van der Waals surface area contributed by atoms with Crippen LogP contribution in [0.2, 0.25) is 0 Å². The van der Waals surface area contributed by atoms with E-state index in [1.54, 1.807) is 0 Å². The maximum atomic E-state index is 13.1. The Morgan fingerprint density at radius 2 is 2.00 bits per heavy atom. The van der Waals surface area contributed by atoms with Gasteiger partial charge in [-0.25, -0.2) is 14.6 Å². The van der Waals surface area contributed by atoms with E-state index in [0.29, 0.717) is 0 Å². The van der Waals surface area contributed by atoms with Crippen molar-refractivity contribution in [1.29, 1.82) is 0 Å². The molecular formula is C19H23N7O8S2. The van der Waals surface area contributed by atoms with Crippen LogP contribution in [0.5, 0.6) is 0 Å². The first-order chi connectivity index (χ1) is 16.8. The number of anilines is 1. The summed E-state index contributed by atoms with van der Waals surface area (Å²) in [6.45, 7) is 2.32. The first-order valence-corrected chi connectivity index (χ1v) is 12.3. The minimum absolute atomic E-state index is 0.00424. The fourth-order valence-electron chi connectivity index (χ4n) is 3.88. The standard InChI is InChI=1S/C19H23N7O8S2/c1-18(2,15(30)31)34-24-9(8-5-35-17(21)22-8)11(27)23-10-13(29)25-6-19(16(32)33,36-14(10)25)26-4-3-7(20)12(26)28/h5,7,10,14H,3-4,6,20H2,1-2H3,(H2,21,22)(H,23,27)(H,30,31)(H,32,33)/b24-9+/t7-,10-,14-,19-/m1/s1. The number of hydrogen-bond acceptors (Lipinski definition) is 12. The number of thiazole rings is 1. The molecule has 4 atom stereocenters. The van der Waals surface area contributed by atoms with E-state index >= 15 is 0 Å². The molecule has 3 fully saturated rings. The maximum absolute atomic E-state index is 13.1. The number of likely N-dealkylation sites (tertiary alicyclic amines) is 1. The molecule has 7 N–H and O–H groups in total. The number of carbonyl (C=O) groups is 5. The lowest BCUT2D eigenvalue weighted by molar-refractivity contribution is -0.161. The molecule has 3 aliphatic rings. The second-order valence-electron chi connectivity index (χ2n) is 8.82. The quantitative estimate of drug-likeness (QED) is 0.137. The number of hydrogen-bond donors (Lipinski definition) is 5. The molecule has 1 aromatic heterocycles. The van der Waals surface area contributed by atoms with E-state index in [-0.39, 0.29) is 30.3 Å². The van der Waals surface area contributed by atoms with Gasteiger partial charge in [0, 0.05) is 11.9 Å². The Hall–Kier alpha value is -3.44. The lowest BCUT2D eigenvalue weighted by Gasteiger charge is -2.41. The number of oxime groups is 1. The van der Waals surface area contributed by atoms with Gasteiger partial charge >= 0.3 is 11.9 Å². The van der Waals surface area contributed by atoms with Crippen molar-refractivity contribution < 1.29 is 39.0 Å². The largest absolute Gasteiger partial charge is 0.479 e. The molecule has 0 aliphatic carbocycles. The van der Waals surface area contributed by atoms with Crippen molar-refractivity contribution in [2.45, 2.75) is 48.2 Å². The van der Waals surface area contributed by atoms with Crippen LogP contribution in [-0.2, 0) is 28.8 Å². The first kappa shape index (κ1) is 25.6. The Morgan fingerprint density at radius 1 is 1.31 bits per heavy atom. The van der Waals surface area contributed by atoms with Gasteiger partial charge in [0.2, 0.25) is 22.3 Å². The third-order valence-corrected chi connectivity index (χ3v) is 8.36. The number of aromatic nitrogens is 1. The number of nitrogens with zero attached hydrogens (tertiary/aromatic N) is 4. The number of nitrogens with one attached hydrogen (secondary N) is 1. The van der Waals surface area contributed by atoms with Gasteiger partial charge in [0.1, 0.15) is 17.1 Å². The number of β-lactam (4-membered cyclic amide) rings is 1.